The van der Waals surface area contributed by atoms with Crippen molar-refractivity contribution >= 4 is 12.0 Å². The summed E-state index contributed by atoms with van der Waals surface area (Å²) >= 11 is 0. The quantitative estimate of drug-likeness (QED) is 0.781. The van der Waals surface area contributed by atoms with Gasteiger partial charge in [0.15, 0.2) is 0 Å². The van der Waals surface area contributed by atoms with Gasteiger partial charge in [-0.25, -0.2) is 9.59 Å². The molecule has 96 valence electrons. The Morgan fingerprint density at radius 3 is 2.41 bits per heavy atom. The third-order valence-corrected chi connectivity index (χ3v) is 3.79. The highest BCUT2D eigenvalue weighted by Crippen LogP contribution is 2.31. The molecule has 0 aromatic heterocycles. The van der Waals surface area contributed by atoms with Crippen molar-refractivity contribution in [2.24, 2.45) is 5.92 Å². The van der Waals surface area contributed by atoms with Crippen LogP contribution in [-0.4, -0.2) is 41.1 Å². The number of carboxylic acid groups (broad SMARTS) is 1. The number of aliphatic carboxylic acids is 1. The van der Waals surface area contributed by atoms with Gasteiger partial charge in [-0.05, 0) is 31.6 Å². The number of hydrogen-bond acceptors (Lipinski definition) is 2. The molecular weight excluding hydrogens is 220 g/mol. The molecule has 2 N–H and O–H groups in total. The maximum Gasteiger partial charge on any atom is 0.329 e. The van der Waals surface area contributed by atoms with E-state index in [2.05, 4.69) is 5.32 Å². The summed E-state index contributed by atoms with van der Waals surface area (Å²) in [6, 6.07) is -0.249. The minimum atomic E-state index is -1.02. The molecule has 0 heterocycles. The van der Waals surface area contributed by atoms with Gasteiger partial charge in [-0.1, -0.05) is 12.8 Å². The third-order valence-electron chi connectivity index (χ3n) is 3.79. The van der Waals surface area contributed by atoms with E-state index < -0.39 is 11.5 Å². The molecule has 0 radical (unpaired) electrons. The highest BCUT2D eigenvalue weighted by atomic mass is 16.4. The average Bonchev–Trinajstić information content (AvgIpc) is 2.94. The lowest BCUT2D eigenvalue weighted by atomic mass is 9.98. The van der Waals surface area contributed by atoms with Crippen LogP contribution < -0.4 is 5.32 Å². The van der Waals surface area contributed by atoms with Crippen LogP contribution in [0.4, 0.5) is 4.79 Å². The molecule has 0 unspecified atom stereocenters. The number of hydrogen-bond donors (Lipinski definition) is 2. The van der Waals surface area contributed by atoms with Crippen LogP contribution in [0.1, 0.15) is 38.5 Å². The Hall–Kier alpha value is -1.26. The Morgan fingerprint density at radius 1 is 1.35 bits per heavy atom. The Labute approximate surface area is 101 Å². The molecule has 0 aromatic carbocycles. The van der Waals surface area contributed by atoms with Crippen LogP contribution in [0.5, 0.6) is 0 Å². The van der Waals surface area contributed by atoms with Crippen molar-refractivity contribution in [1.29, 1.82) is 0 Å². The van der Waals surface area contributed by atoms with E-state index in [1.54, 1.807) is 11.9 Å². The molecule has 2 amide bonds. The summed E-state index contributed by atoms with van der Waals surface area (Å²) in [5.41, 5.74) is -1.02. The Kier molecular flexibility index (Phi) is 3.26. The maximum absolute atomic E-state index is 11.9. The van der Waals surface area contributed by atoms with Crippen molar-refractivity contribution < 1.29 is 14.7 Å². The fourth-order valence-electron chi connectivity index (χ4n) is 2.44. The number of carboxylic acids is 1. The van der Waals surface area contributed by atoms with Gasteiger partial charge in [0.1, 0.15) is 5.54 Å². The van der Waals surface area contributed by atoms with Gasteiger partial charge in [-0.3, -0.25) is 0 Å². The summed E-state index contributed by atoms with van der Waals surface area (Å²) in [5, 5.41) is 12.0. The molecule has 2 aliphatic rings. The molecule has 0 spiro atoms. The number of nitrogens with one attached hydrogen (secondary N) is 1. The second kappa shape index (κ2) is 4.55. The topological polar surface area (TPSA) is 69.6 Å². The van der Waals surface area contributed by atoms with Gasteiger partial charge < -0.3 is 15.3 Å². The van der Waals surface area contributed by atoms with Gasteiger partial charge in [-0.15, -0.1) is 0 Å². The normalized spacial score (nSPS) is 22.2. The van der Waals surface area contributed by atoms with E-state index in [-0.39, 0.29) is 6.03 Å². The second-order valence-electron chi connectivity index (χ2n) is 5.35. The number of amides is 2. The first-order chi connectivity index (χ1) is 8.03. The third kappa shape index (κ3) is 2.70. The van der Waals surface area contributed by atoms with E-state index in [0.29, 0.717) is 18.8 Å². The fourth-order valence-corrected chi connectivity index (χ4v) is 2.44. The summed E-state index contributed by atoms with van der Waals surface area (Å²) in [7, 11) is 1.73. The maximum atomic E-state index is 11.9. The van der Waals surface area contributed by atoms with Crippen LogP contribution >= 0.6 is 0 Å². The molecule has 0 aliphatic heterocycles. The van der Waals surface area contributed by atoms with Crippen LogP contribution in [0.15, 0.2) is 0 Å². The number of carbonyl (C=O) groups is 2. The minimum Gasteiger partial charge on any atom is -0.480 e. The minimum absolute atomic E-state index is 0.249. The summed E-state index contributed by atoms with van der Waals surface area (Å²) < 4.78 is 0. The van der Waals surface area contributed by atoms with Crippen LogP contribution in [0, 0.1) is 5.92 Å². The molecule has 2 saturated carbocycles. The summed E-state index contributed by atoms with van der Waals surface area (Å²) in [5.74, 6) is -0.279. The standard InChI is InChI=1S/C12H20N2O3/c1-14(8-9-4-5-9)11(17)13-12(10(15)16)6-2-3-7-12/h9H,2-8H2,1H3,(H,13,17)(H,15,16). The zero-order chi connectivity index (χ0) is 12.5. The van der Waals surface area contributed by atoms with Gasteiger partial charge in [0.25, 0.3) is 0 Å². The van der Waals surface area contributed by atoms with Crippen LogP contribution in [0.3, 0.4) is 0 Å². The van der Waals surface area contributed by atoms with Gasteiger partial charge in [0, 0.05) is 13.6 Å². The number of carbonyl (C=O) groups excluding carboxylic acids is 1. The van der Waals surface area contributed by atoms with Crippen LogP contribution in [0.2, 0.25) is 0 Å². The van der Waals surface area contributed by atoms with Crippen LogP contribution in [0.25, 0.3) is 0 Å². The molecule has 17 heavy (non-hydrogen) atoms. The Morgan fingerprint density at radius 2 is 1.94 bits per heavy atom. The smallest absolute Gasteiger partial charge is 0.329 e. The van der Waals surface area contributed by atoms with Gasteiger partial charge in [0.2, 0.25) is 0 Å². The Bertz CT molecular complexity index is 320. The first-order valence-electron chi connectivity index (χ1n) is 6.30. The lowest BCUT2D eigenvalue weighted by Gasteiger charge is -2.28. The average molecular weight is 240 g/mol. The molecule has 0 saturated heterocycles. The lowest BCUT2D eigenvalue weighted by molar-refractivity contribution is -0.144. The zero-order valence-corrected chi connectivity index (χ0v) is 10.2. The molecule has 5 heteroatoms. The number of urea groups is 1. The molecule has 2 rings (SSSR count). The largest absolute Gasteiger partial charge is 0.480 e. The molecular formula is C12H20N2O3. The first-order valence-corrected chi connectivity index (χ1v) is 6.30. The highest BCUT2D eigenvalue weighted by Gasteiger charge is 2.43. The van der Waals surface area contributed by atoms with Crippen molar-refractivity contribution in [2.75, 3.05) is 13.6 Å². The predicted octanol–water partition coefficient (Wildman–Crippen LogP) is 1.44. The Balaban J connectivity index is 1.92. The lowest BCUT2D eigenvalue weighted by Crippen LogP contribution is -2.55. The monoisotopic (exact) mass is 240 g/mol. The summed E-state index contributed by atoms with van der Waals surface area (Å²) in [6.45, 7) is 0.738. The molecule has 0 atom stereocenters. The van der Waals surface area contributed by atoms with Crippen molar-refractivity contribution in [3.8, 4) is 0 Å². The summed E-state index contributed by atoms with van der Waals surface area (Å²) in [4.78, 5) is 24.8. The van der Waals surface area contributed by atoms with Crippen LogP contribution in [-0.2, 0) is 4.79 Å². The van der Waals surface area contributed by atoms with E-state index in [1.165, 1.54) is 12.8 Å². The second-order valence-corrected chi connectivity index (χ2v) is 5.35. The number of nitrogens with zero attached hydrogens (tertiary/aromatic N) is 1. The molecule has 5 nitrogen and oxygen atoms in total. The van der Waals surface area contributed by atoms with Crippen molar-refractivity contribution in [3.05, 3.63) is 0 Å². The van der Waals surface area contributed by atoms with E-state index in [0.717, 1.165) is 19.4 Å². The van der Waals surface area contributed by atoms with E-state index in [1.807, 2.05) is 0 Å². The highest BCUT2D eigenvalue weighted by molar-refractivity contribution is 5.86. The van der Waals surface area contributed by atoms with Gasteiger partial charge in [0.05, 0.1) is 0 Å². The fraction of sp³-hybridized carbons (Fsp3) is 0.833. The van der Waals surface area contributed by atoms with E-state index >= 15 is 0 Å². The predicted molar refractivity (Wildman–Crippen MR) is 62.7 cm³/mol. The van der Waals surface area contributed by atoms with E-state index in [4.69, 9.17) is 0 Å². The number of rotatable bonds is 4. The summed E-state index contributed by atoms with van der Waals surface area (Å²) in [6.07, 6.45) is 5.21. The first kappa shape index (κ1) is 12.2. The van der Waals surface area contributed by atoms with Crippen molar-refractivity contribution in [1.82, 2.24) is 10.2 Å². The molecule has 2 fully saturated rings. The van der Waals surface area contributed by atoms with Gasteiger partial charge in [-0.2, -0.15) is 0 Å². The molecule has 0 bridgehead atoms. The van der Waals surface area contributed by atoms with Crippen molar-refractivity contribution in [3.63, 3.8) is 0 Å². The molecule has 2 aliphatic carbocycles. The van der Waals surface area contributed by atoms with E-state index in [9.17, 15) is 14.7 Å². The molecule has 0 aromatic rings. The van der Waals surface area contributed by atoms with Crippen molar-refractivity contribution in [2.45, 2.75) is 44.1 Å². The van der Waals surface area contributed by atoms with Gasteiger partial charge >= 0.3 is 12.0 Å². The zero-order valence-electron chi connectivity index (χ0n) is 10.2. The SMILES string of the molecule is CN(CC1CC1)C(=O)NC1(C(=O)O)CCCC1.